The van der Waals surface area contributed by atoms with Crippen LogP contribution in [0.15, 0.2) is 119 Å². The fraction of sp³-hybridized carbons (Fsp3) is 0.0588. The molecular formula is C34H24BrClN2O3. The van der Waals surface area contributed by atoms with Crippen molar-refractivity contribution in [3.8, 4) is 17.6 Å². The fourth-order valence-electron chi connectivity index (χ4n) is 4.17. The lowest BCUT2D eigenvalue weighted by Gasteiger charge is -2.13. The minimum atomic E-state index is -0.521. The highest BCUT2D eigenvalue weighted by Crippen LogP contribution is 2.31. The van der Waals surface area contributed by atoms with Crippen molar-refractivity contribution in [2.45, 2.75) is 13.2 Å². The molecule has 5 rings (SSSR count). The largest absolute Gasteiger partial charge is 0.489 e. The van der Waals surface area contributed by atoms with Crippen LogP contribution in [0.4, 0.5) is 5.69 Å². The van der Waals surface area contributed by atoms with Crippen molar-refractivity contribution in [2.75, 3.05) is 5.32 Å². The third-order valence-corrected chi connectivity index (χ3v) is 7.10. The molecule has 5 aromatic carbocycles. The number of nitriles is 1. The molecule has 0 aliphatic carbocycles. The summed E-state index contributed by atoms with van der Waals surface area (Å²) in [4.78, 5) is 13.1. The molecule has 202 valence electrons. The lowest BCUT2D eigenvalue weighted by atomic mass is 10.0. The predicted molar refractivity (Wildman–Crippen MR) is 167 cm³/mol. The molecule has 0 aromatic heterocycles. The van der Waals surface area contributed by atoms with E-state index in [1.54, 1.807) is 42.5 Å². The summed E-state index contributed by atoms with van der Waals surface area (Å²) in [5, 5.41) is 15.2. The number of hydrogen-bond donors (Lipinski definition) is 1. The van der Waals surface area contributed by atoms with E-state index in [1.807, 2.05) is 78.9 Å². The van der Waals surface area contributed by atoms with Crippen molar-refractivity contribution in [3.05, 3.63) is 141 Å². The molecule has 7 heteroatoms. The van der Waals surface area contributed by atoms with Crippen LogP contribution < -0.4 is 14.8 Å². The molecule has 0 unspecified atom stereocenters. The number of amides is 1. The Balaban J connectivity index is 1.33. The third kappa shape index (κ3) is 7.34. The van der Waals surface area contributed by atoms with Crippen molar-refractivity contribution >= 4 is 56.0 Å². The Morgan fingerprint density at radius 3 is 2.20 bits per heavy atom. The SMILES string of the molecule is N#C/C(=C\c1c(OCc2ccc(Cl)cc2)ccc2ccccc12)C(=O)Nc1ccc(OCc2ccc(Br)cc2)cc1. The highest BCUT2D eigenvalue weighted by atomic mass is 79.9. The van der Waals surface area contributed by atoms with Gasteiger partial charge in [-0.25, -0.2) is 0 Å². The lowest BCUT2D eigenvalue weighted by Crippen LogP contribution is -2.13. The highest BCUT2D eigenvalue weighted by molar-refractivity contribution is 9.10. The third-order valence-electron chi connectivity index (χ3n) is 6.32. The fourth-order valence-corrected chi connectivity index (χ4v) is 4.56. The predicted octanol–water partition coefficient (Wildman–Crippen LogP) is 8.96. The van der Waals surface area contributed by atoms with Crippen LogP contribution in [0, 0.1) is 11.3 Å². The number of nitrogens with zero attached hydrogens (tertiary/aromatic N) is 1. The molecule has 0 aliphatic rings. The summed E-state index contributed by atoms with van der Waals surface area (Å²) in [6.45, 7) is 0.731. The number of ether oxygens (including phenoxy) is 2. The van der Waals surface area contributed by atoms with E-state index < -0.39 is 5.91 Å². The highest BCUT2D eigenvalue weighted by Gasteiger charge is 2.14. The van der Waals surface area contributed by atoms with Crippen LogP contribution in [0.25, 0.3) is 16.8 Å². The number of hydrogen-bond acceptors (Lipinski definition) is 4. The van der Waals surface area contributed by atoms with Gasteiger partial charge in [0.25, 0.3) is 5.91 Å². The van der Waals surface area contributed by atoms with Crippen LogP contribution in [0.1, 0.15) is 16.7 Å². The van der Waals surface area contributed by atoms with E-state index in [1.165, 1.54) is 0 Å². The first kappa shape index (κ1) is 28.0. The van der Waals surface area contributed by atoms with E-state index in [4.69, 9.17) is 21.1 Å². The molecule has 0 aliphatic heterocycles. The van der Waals surface area contributed by atoms with Crippen molar-refractivity contribution < 1.29 is 14.3 Å². The molecule has 5 aromatic rings. The zero-order valence-electron chi connectivity index (χ0n) is 21.8. The molecule has 0 radical (unpaired) electrons. The van der Waals surface area contributed by atoms with Gasteiger partial charge in [-0.05, 0) is 82.6 Å². The Hall–Kier alpha value is -4.57. The monoisotopic (exact) mass is 622 g/mol. The van der Waals surface area contributed by atoms with Gasteiger partial charge in [-0.15, -0.1) is 0 Å². The summed E-state index contributed by atoms with van der Waals surface area (Å²) in [5.74, 6) is 0.708. The van der Waals surface area contributed by atoms with Crippen molar-refractivity contribution in [1.82, 2.24) is 0 Å². The zero-order chi connectivity index (χ0) is 28.6. The Kier molecular flexibility index (Phi) is 9.00. The molecular weight excluding hydrogens is 600 g/mol. The maximum atomic E-state index is 13.1. The van der Waals surface area contributed by atoms with E-state index in [-0.39, 0.29) is 5.57 Å². The standard InChI is InChI=1S/C34H24BrClN2O3/c35-27-10-5-23(6-11-27)21-40-30-16-14-29(15-17-30)38-34(39)26(20-37)19-32-31-4-2-1-3-25(31)9-18-33(32)41-22-24-7-12-28(36)13-8-24/h1-19H,21-22H2,(H,38,39)/b26-19+. The zero-order valence-corrected chi connectivity index (χ0v) is 24.2. The van der Waals surface area contributed by atoms with Gasteiger partial charge in [0.05, 0.1) is 0 Å². The molecule has 0 heterocycles. The van der Waals surface area contributed by atoms with Crippen molar-refractivity contribution in [2.24, 2.45) is 0 Å². The van der Waals surface area contributed by atoms with E-state index in [0.717, 1.165) is 26.4 Å². The molecule has 0 saturated heterocycles. The van der Waals surface area contributed by atoms with Crippen LogP contribution in [0.3, 0.4) is 0 Å². The minimum Gasteiger partial charge on any atom is -0.489 e. The van der Waals surface area contributed by atoms with Gasteiger partial charge in [-0.3, -0.25) is 4.79 Å². The number of benzene rings is 5. The number of carbonyl (C=O) groups is 1. The van der Waals surface area contributed by atoms with Gasteiger partial charge in [-0.2, -0.15) is 5.26 Å². The Morgan fingerprint density at radius 2 is 1.49 bits per heavy atom. The maximum Gasteiger partial charge on any atom is 0.266 e. The second kappa shape index (κ2) is 13.2. The smallest absolute Gasteiger partial charge is 0.266 e. The summed E-state index contributed by atoms with van der Waals surface area (Å²) < 4.78 is 13.0. The second-order valence-electron chi connectivity index (χ2n) is 9.18. The number of fused-ring (bicyclic) bond motifs is 1. The summed E-state index contributed by atoms with van der Waals surface area (Å²) in [5.41, 5.74) is 3.14. The first-order valence-corrected chi connectivity index (χ1v) is 13.9. The average molecular weight is 624 g/mol. The van der Waals surface area contributed by atoms with Crippen molar-refractivity contribution in [3.63, 3.8) is 0 Å². The van der Waals surface area contributed by atoms with E-state index >= 15 is 0 Å². The topological polar surface area (TPSA) is 71.3 Å². The van der Waals surface area contributed by atoms with Gasteiger partial charge < -0.3 is 14.8 Å². The molecule has 0 fully saturated rings. The van der Waals surface area contributed by atoms with Gasteiger partial charge in [-0.1, -0.05) is 82.1 Å². The average Bonchev–Trinajstić information content (AvgIpc) is 3.00. The molecule has 1 N–H and O–H groups in total. The number of anilines is 1. The molecule has 0 spiro atoms. The number of carbonyl (C=O) groups excluding carboxylic acids is 1. The number of rotatable bonds is 9. The first-order valence-electron chi connectivity index (χ1n) is 12.8. The molecule has 1 amide bonds. The number of halogens is 2. The normalized spacial score (nSPS) is 11.1. The molecule has 0 saturated carbocycles. The van der Waals surface area contributed by atoms with Gasteiger partial charge in [0.2, 0.25) is 0 Å². The Labute approximate surface area is 251 Å². The second-order valence-corrected chi connectivity index (χ2v) is 10.5. The van der Waals surface area contributed by atoms with Crippen LogP contribution in [0.2, 0.25) is 5.02 Å². The molecule has 5 nitrogen and oxygen atoms in total. The summed E-state index contributed by atoms with van der Waals surface area (Å²) in [6.07, 6.45) is 1.57. The Morgan fingerprint density at radius 1 is 0.829 bits per heavy atom. The molecule has 41 heavy (non-hydrogen) atoms. The number of nitrogens with one attached hydrogen (secondary N) is 1. The van der Waals surface area contributed by atoms with Crippen LogP contribution in [0.5, 0.6) is 11.5 Å². The summed E-state index contributed by atoms with van der Waals surface area (Å²) in [6, 6.07) is 35.9. The molecule has 0 bridgehead atoms. The lowest BCUT2D eigenvalue weighted by molar-refractivity contribution is -0.112. The van der Waals surface area contributed by atoms with Gasteiger partial charge in [0.15, 0.2) is 0 Å². The first-order chi connectivity index (χ1) is 20.0. The van der Waals surface area contributed by atoms with E-state index in [0.29, 0.717) is 41.0 Å². The molecule has 0 atom stereocenters. The summed E-state index contributed by atoms with van der Waals surface area (Å²) >= 11 is 9.43. The van der Waals surface area contributed by atoms with E-state index in [2.05, 4.69) is 21.2 Å². The van der Waals surface area contributed by atoms with Crippen LogP contribution in [-0.2, 0) is 18.0 Å². The van der Waals surface area contributed by atoms with Gasteiger partial charge >= 0.3 is 0 Å². The maximum absolute atomic E-state index is 13.1. The van der Waals surface area contributed by atoms with Crippen LogP contribution in [-0.4, -0.2) is 5.91 Å². The van der Waals surface area contributed by atoms with Crippen molar-refractivity contribution in [1.29, 1.82) is 5.26 Å². The quantitative estimate of drug-likeness (QED) is 0.131. The van der Waals surface area contributed by atoms with Gasteiger partial charge in [0, 0.05) is 20.7 Å². The Bertz CT molecular complexity index is 1740. The minimum absolute atomic E-state index is 0.0479. The summed E-state index contributed by atoms with van der Waals surface area (Å²) in [7, 11) is 0. The van der Waals surface area contributed by atoms with Crippen LogP contribution >= 0.6 is 27.5 Å². The van der Waals surface area contributed by atoms with E-state index in [9.17, 15) is 10.1 Å². The van der Waals surface area contributed by atoms with Gasteiger partial charge in [0.1, 0.15) is 36.4 Å².